The number of ether oxygens (including phenoxy) is 3. The first-order chi connectivity index (χ1) is 18.9. The summed E-state index contributed by atoms with van der Waals surface area (Å²) in [5, 5.41) is 21.5. The molecule has 2 aliphatic heterocycles. The molecule has 11 nitrogen and oxygen atoms in total. The first kappa shape index (κ1) is 25.3. The van der Waals surface area contributed by atoms with E-state index in [1.807, 2.05) is 13.1 Å². The maximum Gasteiger partial charge on any atom is 0.409 e. The number of benzene rings is 1. The predicted octanol–water partition coefficient (Wildman–Crippen LogP) is 3.89. The number of aromatic nitrogens is 3. The van der Waals surface area contributed by atoms with E-state index in [-0.39, 0.29) is 69.4 Å². The van der Waals surface area contributed by atoms with E-state index in [2.05, 4.69) is 25.2 Å². The van der Waals surface area contributed by atoms with Crippen molar-refractivity contribution in [3.8, 4) is 23.3 Å². The van der Waals surface area contributed by atoms with Crippen LogP contribution in [0.25, 0.3) is 32.2 Å². The lowest BCUT2D eigenvalue weighted by Gasteiger charge is -2.29. The second kappa shape index (κ2) is 9.93. The van der Waals surface area contributed by atoms with Gasteiger partial charge in [-0.25, -0.2) is 18.6 Å². The summed E-state index contributed by atoms with van der Waals surface area (Å²) in [7, 11) is 1.98. The Morgan fingerprint density at radius 3 is 2.92 bits per heavy atom. The van der Waals surface area contributed by atoms with Crippen LogP contribution in [0.15, 0.2) is 12.4 Å². The van der Waals surface area contributed by atoms with Gasteiger partial charge in [0, 0.05) is 35.6 Å². The summed E-state index contributed by atoms with van der Waals surface area (Å²) < 4.78 is 48.2. The van der Waals surface area contributed by atoms with Gasteiger partial charge in [0.25, 0.3) is 0 Å². The number of thiophene rings is 1. The van der Waals surface area contributed by atoms with E-state index < -0.39 is 17.7 Å². The van der Waals surface area contributed by atoms with Gasteiger partial charge in [0.1, 0.15) is 29.3 Å². The number of likely N-dealkylation sites (N-methyl/N-ethyl adjacent to an activating group) is 1. The molecule has 1 saturated heterocycles. The van der Waals surface area contributed by atoms with Crippen molar-refractivity contribution in [2.45, 2.75) is 19.3 Å². The number of hydrogen-bond acceptors (Lipinski definition) is 10. The van der Waals surface area contributed by atoms with Gasteiger partial charge in [0.2, 0.25) is 0 Å². The van der Waals surface area contributed by atoms with Crippen molar-refractivity contribution in [3.63, 3.8) is 0 Å². The number of rotatable bonds is 5. The quantitative estimate of drug-likeness (QED) is 0.373. The number of nitrogens with one attached hydrogen (secondary N) is 1. The summed E-state index contributed by atoms with van der Waals surface area (Å²) in [6, 6.07) is 1.87. The topological polar surface area (TPSA) is 143 Å². The summed E-state index contributed by atoms with van der Waals surface area (Å²) in [5.74, 6) is -1.53. The molecule has 1 aromatic carbocycles. The number of nitrogens with zero attached hydrogens (tertiary/aromatic N) is 5. The van der Waals surface area contributed by atoms with Gasteiger partial charge in [-0.2, -0.15) is 10.2 Å². The van der Waals surface area contributed by atoms with Crippen LogP contribution in [0.4, 0.5) is 18.6 Å². The number of morpholine rings is 1. The van der Waals surface area contributed by atoms with Gasteiger partial charge < -0.3 is 24.2 Å². The average molecular weight is 555 g/mol. The van der Waals surface area contributed by atoms with Crippen LogP contribution in [0, 0.1) is 23.0 Å². The van der Waals surface area contributed by atoms with Crippen LogP contribution in [-0.2, 0) is 22.7 Å². The van der Waals surface area contributed by atoms with E-state index in [4.69, 9.17) is 14.2 Å². The first-order valence-corrected chi connectivity index (χ1v) is 12.7. The van der Waals surface area contributed by atoms with Gasteiger partial charge in [0.05, 0.1) is 42.0 Å². The Kier molecular flexibility index (Phi) is 6.43. The van der Waals surface area contributed by atoms with Crippen molar-refractivity contribution in [3.05, 3.63) is 40.7 Å². The van der Waals surface area contributed by atoms with E-state index in [0.29, 0.717) is 29.7 Å². The van der Waals surface area contributed by atoms with Crippen LogP contribution in [0.3, 0.4) is 0 Å². The zero-order chi connectivity index (χ0) is 27.3. The summed E-state index contributed by atoms with van der Waals surface area (Å²) in [6.07, 6.45) is 0.778. The van der Waals surface area contributed by atoms with Crippen molar-refractivity contribution in [2.75, 3.05) is 38.7 Å². The van der Waals surface area contributed by atoms with E-state index in [0.717, 1.165) is 24.1 Å². The number of anilines is 1. The third-order valence-electron chi connectivity index (χ3n) is 6.66. The van der Waals surface area contributed by atoms with Gasteiger partial charge in [-0.15, -0.1) is 11.3 Å². The molecule has 5 heterocycles. The minimum absolute atomic E-state index is 0.00179. The fourth-order valence-electron chi connectivity index (χ4n) is 4.90. The Balaban J connectivity index is 1.50. The van der Waals surface area contributed by atoms with Crippen LogP contribution in [0.5, 0.6) is 6.01 Å². The molecule has 200 valence electrons. The molecule has 0 radical (unpaired) electrons. The van der Waals surface area contributed by atoms with Gasteiger partial charge >= 0.3 is 12.1 Å². The minimum atomic E-state index is -1.42. The van der Waals surface area contributed by atoms with E-state index in [9.17, 15) is 19.6 Å². The smallest absolute Gasteiger partial charge is 0.409 e. The molecule has 14 heteroatoms. The molecule has 3 aromatic heterocycles. The number of amides is 1. The lowest BCUT2D eigenvalue weighted by molar-refractivity contribution is -0.0416. The highest BCUT2D eigenvalue weighted by Crippen LogP contribution is 2.45. The minimum Gasteiger partial charge on any atom is -0.465 e. The molecule has 2 N–H and O–H groups in total. The summed E-state index contributed by atoms with van der Waals surface area (Å²) in [5.41, 5.74) is 0.895. The van der Waals surface area contributed by atoms with Crippen molar-refractivity contribution in [1.29, 1.82) is 5.26 Å². The molecule has 1 fully saturated rings. The molecule has 2 aliphatic rings. The lowest BCUT2D eigenvalue weighted by atomic mass is 9.94. The molecular weight excluding hydrogens is 534 g/mol. The molecule has 1 amide bonds. The maximum absolute atomic E-state index is 16.4. The van der Waals surface area contributed by atoms with Crippen LogP contribution >= 0.6 is 11.3 Å². The highest BCUT2D eigenvalue weighted by Gasteiger charge is 2.30. The molecule has 0 bridgehead atoms. The maximum atomic E-state index is 16.4. The van der Waals surface area contributed by atoms with Crippen molar-refractivity contribution < 1.29 is 32.9 Å². The Bertz CT molecular complexity index is 1690. The van der Waals surface area contributed by atoms with Gasteiger partial charge in [-0.1, -0.05) is 0 Å². The highest BCUT2D eigenvalue weighted by molar-refractivity contribution is 7.23. The number of fused-ring (bicyclic) bond motifs is 4. The second-order valence-electron chi connectivity index (χ2n) is 9.13. The number of carboxylic acid groups (broad SMARTS) is 1. The number of carbonyl (C=O) groups is 1. The SMILES string of the molecule is CN1CCO[C@@H](COc2ncc3c4c(c(-c5ncc(F)c6sc(NC(=O)O)c(C#N)c56)c(F)c3n2)COC4)C1. The molecule has 0 saturated carbocycles. The Hall–Kier alpha value is -4.03. The van der Waals surface area contributed by atoms with E-state index in [1.165, 1.54) is 6.20 Å². The van der Waals surface area contributed by atoms with Gasteiger partial charge in [-0.05, 0) is 18.2 Å². The standard InChI is InChI=1S/C25H20F2N6O5S/c1-33-2-3-37-11(7-33)8-38-24-30-5-13-14-9-36-10-15(14)17(19(27)20(13)31-24)21-18-12(4-28)23(32-25(34)35)39-22(18)16(26)6-29-21/h5-6,11,32H,2-3,7-10H2,1H3,(H,34,35)/t11-/m1/s1. The molecular formula is C25H20F2N6O5S. The third kappa shape index (κ3) is 4.39. The monoisotopic (exact) mass is 554 g/mol. The molecule has 0 unspecified atom stereocenters. The number of halogens is 2. The van der Waals surface area contributed by atoms with Gasteiger partial charge in [0.15, 0.2) is 11.6 Å². The van der Waals surface area contributed by atoms with Crippen molar-refractivity contribution in [2.24, 2.45) is 0 Å². The van der Waals surface area contributed by atoms with Crippen LogP contribution in [0.1, 0.15) is 16.7 Å². The molecule has 1 atom stereocenters. The van der Waals surface area contributed by atoms with Gasteiger partial charge in [-0.3, -0.25) is 10.3 Å². The Morgan fingerprint density at radius 2 is 2.15 bits per heavy atom. The summed E-state index contributed by atoms with van der Waals surface area (Å²) >= 11 is 0.734. The lowest BCUT2D eigenvalue weighted by Crippen LogP contribution is -2.42. The van der Waals surface area contributed by atoms with Crippen LogP contribution in [0.2, 0.25) is 0 Å². The number of pyridine rings is 1. The Labute approximate surface area is 223 Å². The molecule has 0 spiro atoms. The first-order valence-electron chi connectivity index (χ1n) is 11.9. The van der Waals surface area contributed by atoms with Crippen LogP contribution in [-0.4, -0.2) is 70.5 Å². The zero-order valence-electron chi connectivity index (χ0n) is 20.5. The highest BCUT2D eigenvalue weighted by atomic mass is 32.1. The number of nitriles is 1. The average Bonchev–Trinajstić information content (AvgIpc) is 3.54. The fourth-order valence-corrected chi connectivity index (χ4v) is 5.94. The van der Waals surface area contributed by atoms with Crippen molar-refractivity contribution >= 4 is 43.4 Å². The molecule has 6 rings (SSSR count). The third-order valence-corrected chi connectivity index (χ3v) is 7.77. The molecule has 0 aliphatic carbocycles. The summed E-state index contributed by atoms with van der Waals surface area (Å²) in [4.78, 5) is 26.1. The number of hydrogen-bond donors (Lipinski definition) is 2. The second-order valence-corrected chi connectivity index (χ2v) is 10.1. The largest absolute Gasteiger partial charge is 0.465 e. The zero-order valence-corrected chi connectivity index (χ0v) is 21.3. The van der Waals surface area contributed by atoms with Crippen molar-refractivity contribution in [1.82, 2.24) is 19.9 Å². The summed E-state index contributed by atoms with van der Waals surface area (Å²) in [6.45, 7) is 2.46. The van der Waals surface area contributed by atoms with Crippen LogP contribution < -0.4 is 10.1 Å². The molecule has 39 heavy (non-hydrogen) atoms. The van der Waals surface area contributed by atoms with E-state index >= 15 is 4.39 Å². The normalized spacial score (nSPS) is 17.3. The molecule has 4 aromatic rings. The van der Waals surface area contributed by atoms with E-state index in [1.54, 1.807) is 0 Å². The fraction of sp³-hybridized carbons (Fsp3) is 0.320. The predicted molar refractivity (Wildman–Crippen MR) is 136 cm³/mol. The Morgan fingerprint density at radius 1 is 1.33 bits per heavy atom.